The number of anilines is 1. The van der Waals surface area contributed by atoms with Crippen LogP contribution in [0.3, 0.4) is 0 Å². The van der Waals surface area contributed by atoms with Crippen LogP contribution in [0.5, 0.6) is 5.75 Å². The summed E-state index contributed by atoms with van der Waals surface area (Å²) in [4.78, 5) is 40.9. The lowest BCUT2D eigenvalue weighted by molar-refractivity contribution is -0.133. The SMILES string of the molecule is COc1cccc(N2Cc3nn(CC(=O)N4CCCCC4)c(=O)n3C2=O)c1. The number of benzene rings is 1. The predicted molar refractivity (Wildman–Crippen MR) is 96.9 cm³/mol. The van der Waals surface area contributed by atoms with Crippen molar-refractivity contribution in [3.63, 3.8) is 0 Å². The first-order chi connectivity index (χ1) is 13.1. The van der Waals surface area contributed by atoms with Crippen LogP contribution in [0.15, 0.2) is 29.1 Å². The molecule has 2 aromatic rings. The molecule has 0 atom stereocenters. The van der Waals surface area contributed by atoms with Gasteiger partial charge < -0.3 is 9.64 Å². The highest BCUT2D eigenvalue weighted by Gasteiger charge is 2.34. The number of hydrogen-bond acceptors (Lipinski definition) is 5. The summed E-state index contributed by atoms with van der Waals surface area (Å²) in [5, 5.41) is 4.22. The topological polar surface area (TPSA) is 89.7 Å². The van der Waals surface area contributed by atoms with Crippen LogP contribution < -0.4 is 15.3 Å². The van der Waals surface area contributed by atoms with Crippen molar-refractivity contribution >= 4 is 17.6 Å². The van der Waals surface area contributed by atoms with Crippen LogP contribution >= 0.6 is 0 Å². The molecule has 27 heavy (non-hydrogen) atoms. The Balaban J connectivity index is 1.54. The number of likely N-dealkylation sites (tertiary alicyclic amines) is 1. The molecule has 142 valence electrons. The van der Waals surface area contributed by atoms with Crippen molar-refractivity contribution in [2.24, 2.45) is 0 Å². The van der Waals surface area contributed by atoms with Gasteiger partial charge in [-0.05, 0) is 31.4 Å². The Bertz CT molecular complexity index is 941. The van der Waals surface area contributed by atoms with Crippen molar-refractivity contribution < 1.29 is 14.3 Å². The summed E-state index contributed by atoms with van der Waals surface area (Å²) in [6.45, 7) is 1.46. The second-order valence-corrected chi connectivity index (χ2v) is 6.70. The van der Waals surface area contributed by atoms with Crippen molar-refractivity contribution in [2.45, 2.75) is 32.4 Å². The Kier molecular flexibility index (Phi) is 4.43. The van der Waals surface area contributed by atoms with Crippen LogP contribution in [0.1, 0.15) is 25.1 Å². The monoisotopic (exact) mass is 371 g/mol. The molecule has 2 aliphatic rings. The summed E-state index contributed by atoms with van der Waals surface area (Å²) in [5.41, 5.74) is 0.0472. The zero-order valence-corrected chi connectivity index (χ0v) is 15.1. The van der Waals surface area contributed by atoms with Gasteiger partial charge in [0, 0.05) is 24.8 Å². The number of fused-ring (bicyclic) bond motifs is 1. The van der Waals surface area contributed by atoms with Gasteiger partial charge in [-0.1, -0.05) is 6.07 Å². The molecule has 9 nitrogen and oxygen atoms in total. The third kappa shape index (κ3) is 3.09. The molecule has 9 heteroatoms. The first kappa shape index (κ1) is 17.3. The number of aromatic nitrogens is 3. The molecule has 3 heterocycles. The van der Waals surface area contributed by atoms with Gasteiger partial charge in [0.25, 0.3) is 0 Å². The van der Waals surface area contributed by atoms with E-state index in [0.717, 1.165) is 28.5 Å². The van der Waals surface area contributed by atoms with E-state index in [1.54, 1.807) is 36.3 Å². The van der Waals surface area contributed by atoms with Gasteiger partial charge in [-0.3, -0.25) is 9.69 Å². The lowest BCUT2D eigenvalue weighted by Gasteiger charge is -2.26. The average Bonchev–Trinajstić information content (AvgIpc) is 3.19. The van der Waals surface area contributed by atoms with E-state index in [-0.39, 0.29) is 19.0 Å². The standard InChI is InChI=1S/C18H21N5O4/c1-27-14-7-5-6-13(10-14)21-11-15-19-22(18(26)23(15)17(21)25)12-16(24)20-8-3-2-4-9-20/h5-7,10H,2-4,8-9,11-12H2,1H3. The molecule has 0 aliphatic carbocycles. The number of rotatable bonds is 4. The van der Waals surface area contributed by atoms with Crippen LogP contribution in [-0.4, -0.2) is 51.4 Å². The number of carbonyl (C=O) groups is 2. The smallest absolute Gasteiger partial charge is 0.354 e. The molecule has 0 unspecified atom stereocenters. The number of carbonyl (C=O) groups excluding carboxylic acids is 2. The lowest BCUT2D eigenvalue weighted by atomic mass is 10.1. The molecular formula is C18H21N5O4. The fourth-order valence-electron chi connectivity index (χ4n) is 3.53. The molecule has 0 radical (unpaired) electrons. The number of nitrogens with zero attached hydrogens (tertiary/aromatic N) is 5. The number of ether oxygens (including phenoxy) is 1. The van der Waals surface area contributed by atoms with E-state index in [1.165, 1.54) is 4.90 Å². The third-order valence-electron chi connectivity index (χ3n) is 4.99. The largest absolute Gasteiger partial charge is 0.497 e. The van der Waals surface area contributed by atoms with E-state index in [9.17, 15) is 14.4 Å². The number of amides is 2. The highest BCUT2D eigenvalue weighted by Crippen LogP contribution is 2.25. The Labute approximate surface area is 155 Å². The second-order valence-electron chi connectivity index (χ2n) is 6.70. The summed E-state index contributed by atoms with van der Waals surface area (Å²) < 4.78 is 7.31. The Morgan fingerprint density at radius 1 is 1.19 bits per heavy atom. The maximum absolute atomic E-state index is 12.7. The zero-order valence-electron chi connectivity index (χ0n) is 15.1. The van der Waals surface area contributed by atoms with Gasteiger partial charge in [0.2, 0.25) is 5.91 Å². The normalized spacial score (nSPS) is 16.6. The van der Waals surface area contributed by atoms with Gasteiger partial charge in [0.15, 0.2) is 5.82 Å². The van der Waals surface area contributed by atoms with E-state index in [4.69, 9.17) is 4.74 Å². The van der Waals surface area contributed by atoms with Crippen molar-refractivity contribution in [2.75, 3.05) is 25.1 Å². The van der Waals surface area contributed by atoms with Crippen LogP contribution in [0, 0.1) is 0 Å². The van der Waals surface area contributed by atoms with Gasteiger partial charge >= 0.3 is 11.7 Å². The molecule has 0 bridgehead atoms. The van der Waals surface area contributed by atoms with Crippen LogP contribution in [0.25, 0.3) is 0 Å². The molecule has 0 spiro atoms. The Morgan fingerprint density at radius 2 is 1.96 bits per heavy atom. The van der Waals surface area contributed by atoms with E-state index < -0.39 is 11.7 Å². The average molecular weight is 371 g/mol. The van der Waals surface area contributed by atoms with Crippen molar-refractivity contribution in [3.05, 3.63) is 40.6 Å². The number of methoxy groups -OCH3 is 1. The van der Waals surface area contributed by atoms with E-state index in [2.05, 4.69) is 5.10 Å². The first-order valence-corrected chi connectivity index (χ1v) is 9.01. The number of piperidine rings is 1. The summed E-state index contributed by atoms with van der Waals surface area (Å²) in [7, 11) is 1.55. The maximum Gasteiger partial charge on any atom is 0.354 e. The molecule has 2 aliphatic heterocycles. The Hall–Kier alpha value is -3.10. The maximum atomic E-state index is 12.7. The molecule has 1 fully saturated rings. The predicted octanol–water partition coefficient (Wildman–Crippen LogP) is 1.05. The first-order valence-electron chi connectivity index (χ1n) is 9.01. The van der Waals surface area contributed by atoms with Crippen LogP contribution in [0.2, 0.25) is 0 Å². The molecule has 2 amide bonds. The third-order valence-corrected chi connectivity index (χ3v) is 4.99. The molecule has 0 N–H and O–H groups in total. The van der Waals surface area contributed by atoms with Crippen molar-refractivity contribution in [1.82, 2.24) is 19.2 Å². The van der Waals surface area contributed by atoms with Crippen LogP contribution in [-0.2, 0) is 17.9 Å². The van der Waals surface area contributed by atoms with Gasteiger partial charge in [-0.25, -0.2) is 14.3 Å². The van der Waals surface area contributed by atoms with Gasteiger partial charge in [0.05, 0.1) is 13.7 Å². The zero-order chi connectivity index (χ0) is 19.0. The minimum Gasteiger partial charge on any atom is -0.497 e. The summed E-state index contributed by atoms with van der Waals surface area (Å²) in [6.07, 6.45) is 3.08. The summed E-state index contributed by atoms with van der Waals surface area (Å²) in [5.74, 6) is 0.819. The Morgan fingerprint density at radius 3 is 2.67 bits per heavy atom. The fraction of sp³-hybridized carbons (Fsp3) is 0.444. The minimum atomic E-state index is -0.578. The molecular weight excluding hydrogens is 350 g/mol. The van der Waals surface area contributed by atoms with E-state index in [0.29, 0.717) is 30.4 Å². The quantitative estimate of drug-likeness (QED) is 0.802. The molecule has 0 saturated carbocycles. The molecule has 4 rings (SSSR count). The number of hydrogen-bond donors (Lipinski definition) is 0. The van der Waals surface area contributed by atoms with Gasteiger partial charge in [-0.2, -0.15) is 9.67 Å². The second kappa shape index (κ2) is 6.90. The van der Waals surface area contributed by atoms with E-state index in [1.807, 2.05) is 0 Å². The van der Waals surface area contributed by atoms with Crippen molar-refractivity contribution in [1.29, 1.82) is 0 Å². The molecule has 1 saturated heterocycles. The summed E-state index contributed by atoms with van der Waals surface area (Å²) >= 11 is 0. The van der Waals surface area contributed by atoms with E-state index >= 15 is 0 Å². The molecule has 1 aromatic carbocycles. The van der Waals surface area contributed by atoms with Gasteiger partial charge in [-0.15, -0.1) is 0 Å². The molecule has 1 aromatic heterocycles. The van der Waals surface area contributed by atoms with Crippen LogP contribution in [0.4, 0.5) is 10.5 Å². The summed E-state index contributed by atoms with van der Waals surface area (Å²) in [6, 6.07) is 6.58. The highest BCUT2D eigenvalue weighted by atomic mass is 16.5. The highest BCUT2D eigenvalue weighted by molar-refractivity contribution is 5.96. The lowest BCUT2D eigenvalue weighted by Crippen LogP contribution is -2.41. The van der Waals surface area contributed by atoms with Gasteiger partial charge in [0.1, 0.15) is 12.3 Å². The minimum absolute atomic E-state index is 0.134. The fourth-order valence-corrected chi connectivity index (χ4v) is 3.53. The van der Waals surface area contributed by atoms with Crippen molar-refractivity contribution in [3.8, 4) is 5.75 Å².